The minimum Gasteiger partial charge on any atom is -0.481 e. The maximum Gasteiger partial charge on any atom is 0.319 e. The quantitative estimate of drug-likeness (QED) is 0.561. The summed E-state index contributed by atoms with van der Waals surface area (Å²) in [5.41, 5.74) is -3.42. The van der Waals surface area contributed by atoms with Crippen molar-refractivity contribution in [1.29, 1.82) is 0 Å². The SMILES string of the molecule is O=C(O)CC(C(=O)O)(c1cccc([N+](=O)[O-])c1)c1cccc([N+](=O)[O-])c1. The molecule has 0 bridgehead atoms. The molecule has 0 aliphatic heterocycles. The molecule has 0 atom stereocenters. The first kappa shape index (κ1) is 18.5. The van der Waals surface area contributed by atoms with Crippen molar-refractivity contribution in [3.8, 4) is 0 Å². The number of aliphatic carboxylic acids is 2. The number of non-ortho nitro benzene ring substituents is 2. The molecule has 2 rings (SSSR count). The zero-order chi connectivity index (χ0) is 19.5. The summed E-state index contributed by atoms with van der Waals surface area (Å²) in [5, 5.41) is 41.1. The van der Waals surface area contributed by atoms with Gasteiger partial charge >= 0.3 is 11.9 Å². The summed E-state index contributed by atoms with van der Waals surface area (Å²) in [4.78, 5) is 44.0. The molecule has 0 radical (unpaired) electrons. The molecule has 2 aromatic rings. The van der Waals surface area contributed by atoms with Crippen LogP contribution in [0.1, 0.15) is 17.5 Å². The van der Waals surface area contributed by atoms with Gasteiger partial charge in [-0.1, -0.05) is 24.3 Å². The third-order valence-corrected chi connectivity index (χ3v) is 3.88. The Morgan fingerprint density at radius 2 is 1.31 bits per heavy atom. The largest absolute Gasteiger partial charge is 0.481 e. The van der Waals surface area contributed by atoms with Crippen molar-refractivity contribution in [2.45, 2.75) is 11.8 Å². The van der Waals surface area contributed by atoms with Crippen molar-refractivity contribution < 1.29 is 29.6 Å². The summed E-state index contributed by atoms with van der Waals surface area (Å²) in [7, 11) is 0. The smallest absolute Gasteiger partial charge is 0.319 e. The van der Waals surface area contributed by atoms with Gasteiger partial charge in [-0.05, 0) is 11.1 Å². The molecule has 0 amide bonds. The van der Waals surface area contributed by atoms with Crippen molar-refractivity contribution in [3.05, 3.63) is 79.9 Å². The number of nitro groups is 2. The number of nitrogens with zero attached hydrogens (tertiary/aromatic N) is 2. The lowest BCUT2D eigenvalue weighted by Crippen LogP contribution is -2.39. The number of carbonyl (C=O) groups is 2. The van der Waals surface area contributed by atoms with Gasteiger partial charge in [0.2, 0.25) is 0 Å². The fourth-order valence-corrected chi connectivity index (χ4v) is 2.69. The number of carboxylic acids is 2. The summed E-state index contributed by atoms with van der Waals surface area (Å²) in [6.07, 6.45) is -0.954. The molecular formula is C16H12N2O8. The summed E-state index contributed by atoms with van der Waals surface area (Å²) in [5.74, 6) is -3.08. The van der Waals surface area contributed by atoms with E-state index in [1.807, 2.05) is 0 Å². The minimum atomic E-state index is -2.23. The topological polar surface area (TPSA) is 161 Å². The second-order valence-electron chi connectivity index (χ2n) is 5.40. The number of carboxylic acid groups (broad SMARTS) is 2. The van der Waals surface area contributed by atoms with Gasteiger partial charge in [-0.2, -0.15) is 0 Å². The zero-order valence-electron chi connectivity index (χ0n) is 13.1. The van der Waals surface area contributed by atoms with Gasteiger partial charge in [-0.15, -0.1) is 0 Å². The molecular weight excluding hydrogens is 348 g/mol. The van der Waals surface area contributed by atoms with Gasteiger partial charge in [0, 0.05) is 24.3 Å². The molecule has 2 N–H and O–H groups in total. The van der Waals surface area contributed by atoms with E-state index < -0.39 is 45.0 Å². The number of nitro benzene ring substituents is 2. The van der Waals surface area contributed by atoms with Crippen molar-refractivity contribution >= 4 is 23.3 Å². The Bertz CT molecular complexity index is 851. The molecule has 10 nitrogen and oxygen atoms in total. The van der Waals surface area contributed by atoms with Gasteiger partial charge in [0.05, 0.1) is 16.3 Å². The number of hydrogen-bond acceptors (Lipinski definition) is 6. The zero-order valence-corrected chi connectivity index (χ0v) is 13.1. The van der Waals surface area contributed by atoms with Crippen LogP contribution in [-0.2, 0) is 15.0 Å². The van der Waals surface area contributed by atoms with Crippen LogP contribution in [-0.4, -0.2) is 32.0 Å². The highest BCUT2D eigenvalue weighted by Gasteiger charge is 2.45. The predicted octanol–water partition coefficient (Wildman–Crippen LogP) is 2.35. The van der Waals surface area contributed by atoms with Gasteiger partial charge in [0.15, 0.2) is 0 Å². The van der Waals surface area contributed by atoms with E-state index in [1.165, 1.54) is 24.3 Å². The lowest BCUT2D eigenvalue weighted by molar-refractivity contribution is -0.385. The van der Waals surface area contributed by atoms with Crippen molar-refractivity contribution in [1.82, 2.24) is 0 Å². The molecule has 0 aromatic heterocycles. The molecule has 0 heterocycles. The molecule has 0 spiro atoms. The number of rotatable bonds is 7. The van der Waals surface area contributed by atoms with E-state index in [9.17, 15) is 40.0 Å². The van der Waals surface area contributed by atoms with Crippen LogP contribution in [0.5, 0.6) is 0 Å². The maximum absolute atomic E-state index is 12.1. The Kier molecular flexibility index (Phi) is 4.96. The Morgan fingerprint density at radius 3 is 1.62 bits per heavy atom. The summed E-state index contributed by atoms with van der Waals surface area (Å²) < 4.78 is 0. The number of hydrogen-bond donors (Lipinski definition) is 2. The van der Waals surface area contributed by atoms with E-state index >= 15 is 0 Å². The molecule has 26 heavy (non-hydrogen) atoms. The van der Waals surface area contributed by atoms with Crippen LogP contribution >= 0.6 is 0 Å². The maximum atomic E-state index is 12.1. The molecule has 0 aliphatic rings. The van der Waals surface area contributed by atoms with E-state index in [0.29, 0.717) is 0 Å². The molecule has 0 fully saturated rings. The molecule has 134 valence electrons. The average molecular weight is 360 g/mol. The third-order valence-electron chi connectivity index (χ3n) is 3.88. The van der Waals surface area contributed by atoms with E-state index in [2.05, 4.69) is 0 Å². The number of benzene rings is 2. The molecule has 10 heteroatoms. The van der Waals surface area contributed by atoms with E-state index in [4.69, 9.17) is 0 Å². The van der Waals surface area contributed by atoms with Crippen molar-refractivity contribution in [3.63, 3.8) is 0 Å². The molecule has 0 saturated heterocycles. The fourth-order valence-electron chi connectivity index (χ4n) is 2.69. The van der Waals surface area contributed by atoms with Crippen molar-refractivity contribution in [2.24, 2.45) is 0 Å². The lowest BCUT2D eigenvalue weighted by Gasteiger charge is -2.28. The lowest BCUT2D eigenvalue weighted by atomic mass is 9.71. The van der Waals surface area contributed by atoms with Gasteiger partial charge < -0.3 is 10.2 Å². The molecule has 0 unspecified atom stereocenters. The van der Waals surface area contributed by atoms with Gasteiger partial charge in [0.1, 0.15) is 5.41 Å². The third kappa shape index (κ3) is 3.34. The van der Waals surface area contributed by atoms with Crippen LogP contribution in [0, 0.1) is 20.2 Å². The van der Waals surface area contributed by atoms with Crippen LogP contribution < -0.4 is 0 Å². The fraction of sp³-hybridized carbons (Fsp3) is 0.125. The highest BCUT2D eigenvalue weighted by atomic mass is 16.6. The first-order valence-corrected chi connectivity index (χ1v) is 7.13. The van der Waals surface area contributed by atoms with Crippen molar-refractivity contribution in [2.75, 3.05) is 0 Å². The first-order valence-electron chi connectivity index (χ1n) is 7.13. The van der Waals surface area contributed by atoms with Crippen LogP contribution in [0.3, 0.4) is 0 Å². The van der Waals surface area contributed by atoms with Crippen LogP contribution in [0.25, 0.3) is 0 Å². The summed E-state index contributed by atoms with van der Waals surface area (Å²) in [6, 6.07) is 9.10. The first-order chi connectivity index (χ1) is 12.2. The average Bonchev–Trinajstić information content (AvgIpc) is 2.59. The molecule has 0 saturated carbocycles. The van der Waals surface area contributed by atoms with E-state index in [0.717, 1.165) is 24.3 Å². The Labute approximate surface area is 145 Å². The van der Waals surface area contributed by atoms with Crippen LogP contribution in [0.15, 0.2) is 48.5 Å². The summed E-state index contributed by atoms with van der Waals surface area (Å²) >= 11 is 0. The van der Waals surface area contributed by atoms with Gasteiger partial charge in [-0.25, -0.2) is 0 Å². The highest BCUT2D eigenvalue weighted by molar-refractivity contribution is 5.91. The van der Waals surface area contributed by atoms with Crippen LogP contribution in [0.4, 0.5) is 11.4 Å². The van der Waals surface area contributed by atoms with Gasteiger partial charge in [0.25, 0.3) is 11.4 Å². The Balaban J connectivity index is 2.82. The molecule has 0 aliphatic carbocycles. The normalized spacial score (nSPS) is 10.9. The predicted molar refractivity (Wildman–Crippen MR) is 86.9 cm³/mol. The molecule has 2 aromatic carbocycles. The van der Waals surface area contributed by atoms with E-state index in [1.54, 1.807) is 0 Å². The van der Waals surface area contributed by atoms with Gasteiger partial charge in [-0.3, -0.25) is 29.8 Å². The highest BCUT2D eigenvalue weighted by Crippen LogP contribution is 2.39. The second-order valence-corrected chi connectivity index (χ2v) is 5.40. The Morgan fingerprint density at radius 1 is 0.885 bits per heavy atom. The monoisotopic (exact) mass is 360 g/mol. The van der Waals surface area contributed by atoms with Crippen LogP contribution in [0.2, 0.25) is 0 Å². The summed E-state index contributed by atoms with van der Waals surface area (Å²) in [6.45, 7) is 0. The standard InChI is InChI=1S/C16H12N2O8/c19-14(20)9-16(15(21)22,10-3-1-5-12(7-10)17(23)24)11-4-2-6-13(8-11)18(25)26/h1-8H,9H2,(H,19,20)(H,21,22). The second kappa shape index (κ2) is 6.97. The van der Waals surface area contributed by atoms with E-state index in [-0.39, 0.29) is 11.1 Å². The Hall–Kier alpha value is -3.82. The minimum absolute atomic E-state index is 0.165.